The highest BCUT2D eigenvalue weighted by Gasteiger charge is 2.44. The Kier molecular flexibility index (Phi) is 7.56. The van der Waals surface area contributed by atoms with Crippen molar-refractivity contribution in [3.05, 3.63) is 59.7 Å². The number of aliphatic hydroxyl groups excluding tert-OH is 1. The number of para-hydroxylation sites is 1. The van der Waals surface area contributed by atoms with Gasteiger partial charge in [0.1, 0.15) is 6.04 Å². The summed E-state index contributed by atoms with van der Waals surface area (Å²) in [4.78, 5) is 27.2. The lowest BCUT2D eigenvalue weighted by Gasteiger charge is -2.27. The first kappa shape index (κ1) is 24.9. The summed E-state index contributed by atoms with van der Waals surface area (Å²) in [5.74, 6) is -1.28. The topological polar surface area (TPSA) is 104 Å². The quantitative estimate of drug-likeness (QED) is 0.618. The number of hydrogen-bond donors (Lipinski definition) is 1. The van der Waals surface area contributed by atoms with E-state index in [1.54, 1.807) is 43.3 Å². The van der Waals surface area contributed by atoms with Gasteiger partial charge in [0.25, 0.3) is 5.91 Å². The molecule has 1 amide bonds. The lowest BCUT2D eigenvalue weighted by molar-refractivity contribution is -0.151. The van der Waals surface area contributed by atoms with Gasteiger partial charge >= 0.3 is 5.97 Å². The van der Waals surface area contributed by atoms with Crippen LogP contribution >= 0.6 is 0 Å². The molecule has 8 nitrogen and oxygen atoms in total. The number of amides is 1. The highest BCUT2D eigenvalue weighted by molar-refractivity contribution is 7.89. The van der Waals surface area contributed by atoms with Crippen LogP contribution in [0.4, 0.5) is 5.69 Å². The van der Waals surface area contributed by atoms with Crippen molar-refractivity contribution < 1.29 is 27.9 Å². The van der Waals surface area contributed by atoms with Gasteiger partial charge in [0, 0.05) is 24.7 Å². The summed E-state index contributed by atoms with van der Waals surface area (Å²) in [6.45, 7) is 6.62. The minimum atomic E-state index is -4.04. The molecule has 9 heteroatoms. The maximum Gasteiger partial charge on any atom is 0.325 e. The molecule has 1 aliphatic heterocycles. The molecule has 0 aromatic heterocycles. The Morgan fingerprint density at radius 1 is 1.12 bits per heavy atom. The lowest BCUT2D eigenvalue weighted by Crippen LogP contribution is -2.44. The van der Waals surface area contributed by atoms with E-state index in [-0.39, 0.29) is 23.9 Å². The Morgan fingerprint density at radius 3 is 2.39 bits per heavy atom. The molecule has 178 valence electrons. The van der Waals surface area contributed by atoms with Gasteiger partial charge in [-0.25, -0.2) is 8.42 Å². The average molecular weight is 475 g/mol. The van der Waals surface area contributed by atoms with Gasteiger partial charge < -0.3 is 14.7 Å². The standard InChI is InChI=1S/C24H30N2O6S/c1-16(2)26(19-8-6-5-7-9-19)23(28)15-32-24(29)22-13-20(27)14-25(22)33(30,31)21-11-10-17(3)18(4)12-21/h5-12,16,20,22,27H,13-15H2,1-4H3/t20?,22-/m0/s1. The molecule has 1 aliphatic rings. The smallest absolute Gasteiger partial charge is 0.325 e. The summed E-state index contributed by atoms with van der Waals surface area (Å²) in [6.07, 6.45) is -1.10. The van der Waals surface area contributed by atoms with Crippen LogP contribution in [0.15, 0.2) is 53.4 Å². The zero-order valence-corrected chi connectivity index (χ0v) is 20.1. The zero-order chi connectivity index (χ0) is 24.3. The van der Waals surface area contributed by atoms with E-state index in [9.17, 15) is 23.1 Å². The van der Waals surface area contributed by atoms with Crippen LogP contribution in [0, 0.1) is 13.8 Å². The molecule has 1 saturated heterocycles. The van der Waals surface area contributed by atoms with Crippen molar-refractivity contribution in [1.29, 1.82) is 0 Å². The second-order valence-corrected chi connectivity index (χ2v) is 10.4. The fourth-order valence-corrected chi connectivity index (χ4v) is 5.60. The molecule has 33 heavy (non-hydrogen) atoms. The van der Waals surface area contributed by atoms with Crippen molar-refractivity contribution in [1.82, 2.24) is 4.31 Å². The second-order valence-electron chi connectivity index (χ2n) is 8.53. The Hall–Kier alpha value is -2.75. The van der Waals surface area contributed by atoms with Gasteiger partial charge in [0.2, 0.25) is 10.0 Å². The van der Waals surface area contributed by atoms with Crippen molar-refractivity contribution in [2.45, 2.75) is 57.2 Å². The number of nitrogens with zero attached hydrogens (tertiary/aromatic N) is 2. The number of aryl methyl sites for hydroxylation is 2. The molecule has 2 aromatic carbocycles. The summed E-state index contributed by atoms with van der Waals surface area (Å²) in [5.41, 5.74) is 2.41. The molecule has 0 spiro atoms. The van der Waals surface area contributed by atoms with Crippen molar-refractivity contribution >= 4 is 27.6 Å². The third-order valence-electron chi connectivity index (χ3n) is 5.75. The summed E-state index contributed by atoms with van der Waals surface area (Å²) >= 11 is 0. The minimum absolute atomic E-state index is 0.0450. The summed E-state index contributed by atoms with van der Waals surface area (Å²) in [6, 6.07) is 12.4. The first-order valence-electron chi connectivity index (χ1n) is 10.8. The Bertz CT molecular complexity index is 1120. The normalized spacial score (nSPS) is 19.0. The highest BCUT2D eigenvalue weighted by atomic mass is 32.2. The predicted octanol–water partition coefficient (Wildman–Crippen LogP) is 2.41. The molecule has 1 unspecified atom stereocenters. The van der Waals surface area contributed by atoms with Gasteiger partial charge in [0.15, 0.2) is 6.61 Å². The van der Waals surface area contributed by atoms with Crippen LogP contribution < -0.4 is 4.90 Å². The molecular weight excluding hydrogens is 444 g/mol. The van der Waals surface area contributed by atoms with E-state index < -0.39 is 40.7 Å². The van der Waals surface area contributed by atoms with E-state index in [0.29, 0.717) is 5.69 Å². The maximum absolute atomic E-state index is 13.2. The largest absolute Gasteiger partial charge is 0.454 e. The van der Waals surface area contributed by atoms with Gasteiger partial charge in [0.05, 0.1) is 11.0 Å². The van der Waals surface area contributed by atoms with E-state index >= 15 is 0 Å². The number of benzene rings is 2. The van der Waals surface area contributed by atoms with Crippen LogP contribution in [0.2, 0.25) is 0 Å². The van der Waals surface area contributed by atoms with E-state index in [2.05, 4.69) is 0 Å². The van der Waals surface area contributed by atoms with Crippen LogP contribution in [0.3, 0.4) is 0 Å². The van der Waals surface area contributed by atoms with Crippen LogP contribution in [0.5, 0.6) is 0 Å². The van der Waals surface area contributed by atoms with E-state index in [1.165, 1.54) is 11.0 Å². The van der Waals surface area contributed by atoms with Crippen molar-refractivity contribution in [2.24, 2.45) is 0 Å². The Labute approximate surface area is 194 Å². The molecule has 0 radical (unpaired) electrons. The molecule has 3 rings (SSSR count). The molecule has 0 saturated carbocycles. The van der Waals surface area contributed by atoms with Crippen LogP contribution in [-0.4, -0.2) is 61.0 Å². The number of carbonyl (C=O) groups is 2. The number of β-amino-alcohol motifs (C(OH)–C–C–N with tert-alkyl or cyclic N) is 1. The van der Waals surface area contributed by atoms with Crippen molar-refractivity contribution in [2.75, 3.05) is 18.1 Å². The first-order valence-corrected chi connectivity index (χ1v) is 12.3. The maximum atomic E-state index is 13.2. The van der Waals surface area contributed by atoms with Gasteiger partial charge in [-0.15, -0.1) is 0 Å². The SMILES string of the molecule is Cc1ccc(S(=O)(=O)N2CC(O)C[C@H]2C(=O)OCC(=O)N(c2ccccc2)C(C)C)cc1C. The molecular formula is C24H30N2O6S. The van der Waals surface area contributed by atoms with Crippen molar-refractivity contribution in [3.63, 3.8) is 0 Å². The Morgan fingerprint density at radius 2 is 1.79 bits per heavy atom. The van der Waals surface area contributed by atoms with Crippen LogP contribution in [0.25, 0.3) is 0 Å². The number of sulfonamides is 1. The van der Waals surface area contributed by atoms with E-state index in [0.717, 1.165) is 15.4 Å². The molecule has 2 atom stereocenters. The number of ether oxygens (including phenoxy) is 1. The first-order chi connectivity index (χ1) is 15.5. The van der Waals surface area contributed by atoms with Crippen LogP contribution in [-0.2, 0) is 24.3 Å². The summed E-state index contributed by atoms with van der Waals surface area (Å²) in [5, 5.41) is 10.1. The molecule has 2 aromatic rings. The number of aliphatic hydroxyl groups is 1. The third kappa shape index (κ3) is 5.43. The Balaban J connectivity index is 1.75. The second kappa shape index (κ2) is 10.0. The van der Waals surface area contributed by atoms with E-state index in [4.69, 9.17) is 4.74 Å². The van der Waals surface area contributed by atoms with Gasteiger partial charge in [-0.1, -0.05) is 24.3 Å². The fraction of sp³-hybridized carbons (Fsp3) is 0.417. The number of carbonyl (C=O) groups excluding carboxylic acids is 2. The van der Waals surface area contributed by atoms with Crippen LogP contribution in [0.1, 0.15) is 31.4 Å². The summed E-state index contributed by atoms with van der Waals surface area (Å²) < 4.78 is 32.6. The molecule has 0 aliphatic carbocycles. The molecule has 1 N–H and O–H groups in total. The number of anilines is 1. The minimum Gasteiger partial charge on any atom is -0.454 e. The molecule has 0 bridgehead atoms. The number of rotatable bonds is 7. The third-order valence-corrected chi connectivity index (χ3v) is 7.62. The van der Waals surface area contributed by atoms with Crippen molar-refractivity contribution in [3.8, 4) is 0 Å². The monoisotopic (exact) mass is 474 g/mol. The number of hydrogen-bond acceptors (Lipinski definition) is 6. The summed E-state index contributed by atoms with van der Waals surface area (Å²) in [7, 11) is -4.04. The predicted molar refractivity (Wildman–Crippen MR) is 124 cm³/mol. The van der Waals surface area contributed by atoms with Gasteiger partial charge in [-0.2, -0.15) is 4.31 Å². The average Bonchev–Trinajstić information content (AvgIpc) is 3.17. The molecule has 1 fully saturated rings. The van der Waals surface area contributed by atoms with E-state index in [1.807, 2.05) is 26.8 Å². The van der Waals surface area contributed by atoms with Gasteiger partial charge in [-0.3, -0.25) is 9.59 Å². The highest BCUT2D eigenvalue weighted by Crippen LogP contribution is 2.28. The lowest BCUT2D eigenvalue weighted by atomic mass is 10.1. The molecule has 1 heterocycles. The van der Waals surface area contributed by atoms with Gasteiger partial charge in [-0.05, 0) is 63.1 Å². The fourth-order valence-electron chi connectivity index (χ4n) is 3.89. The zero-order valence-electron chi connectivity index (χ0n) is 19.3. The number of esters is 1.